The van der Waals surface area contributed by atoms with Crippen molar-refractivity contribution in [3.63, 3.8) is 0 Å². The normalized spacial score (nSPS) is 12.0. The lowest BCUT2D eigenvalue weighted by Gasteiger charge is -2.11. The molecule has 0 radical (unpaired) electrons. The minimum atomic E-state index is -0.279. The fraction of sp³-hybridized carbons (Fsp3) is 0.238. The number of benzene rings is 1. The first kappa shape index (κ1) is 19.8. The number of fused-ring (bicyclic) bond motifs is 1. The van der Waals surface area contributed by atoms with Crippen molar-refractivity contribution in [2.45, 2.75) is 19.4 Å². The first-order valence-corrected chi connectivity index (χ1v) is 10.2. The van der Waals surface area contributed by atoms with E-state index in [1.165, 1.54) is 11.3 Å². The van der Waals surface area contributed by atoms with Crippen LogP contribution < -0.4 is 14.8 Å². The molecule has 9 heteroatoms. The minimum absolute atomic E-state index is 0.126. The fourth-order valence-corrected chi connectivity index (χ4v) is 3.98. The number of nitrogens with zero attached hydrogens (tertiary/aromatic N) is 4. The van der Waals surface area contributed by atoms with E-state index >= 15 is 0 Å². The summed E-state index contributed by atoms with van der Waals surface area (Å²) in [5, 5.41) is 14.0. The van der Waals surface area contributed by atoms with Crippen molar-refractivity contribution in [1.29, 1.82) is 0 Å². The SMILES string of the molecule is COc1ccc(-c2nc(CC(=O)NC(C)c3nnc4ccccn34)cs2)cc1OC. The fourth-order valence-electron chi connectivity index (χ4n) is 3.17. The lowest BCUT2D eigenvalue weighted by atomic mass is 10.2. The number of ether oxygens (including phenoxy) is 2. The molecular formula is C21H21N5O3S. The van der Waals surface area contributed by atoms with Crippen LogP contribution in [0, 0.1) is 0 Å². The summed E-state index contributed by atoms with van der Waals surface area (Å²) in [4.78, 5) is 17.1. The van der Waals surface area contributed by atoms with Crippen molar-refractivity contribution in [2.75, 3.05) is 14.2 Å². The van der Waals surface area contributed by atoms with Crippen molar-refractivity contribution >= 4 is 22.9 Å². The highest BCUT2D eigenvalue weighted by molar-refractivity contribution is 7.13. The topological polar surface area (TPSA) is 90.6 Å². The Morgan fingerprint density at radius 1 is 1.17 bits per heavy atom. The average Bonchev–Trinajstić information content (AvgIpc) is 3.40. The van der Waals surface area contributed by atoms with E-state index in [0.29, 0.717) is 23.0 Å². The Hall–Kier alpha value is -3.46. The first-order valence-electron chi connectivity index (χ1n) is 9.35. The van der Waals surface area contributed by atoms with Crippen LogP contribution in [-0.4, -0.2) is 39.7 Å². The summed E-state index contributed by atoms with van der Waals surface area (Å²) in [5.41, 5.74) is 2.36. The number of aromatic nitrogens is 4. The number of hydrogen-bond acceptors (Lipinski definition) is 7. The lowest BCUT2D eigenvalue weighted by Crippen LogP contribution is -2.29. The van der Waals surface area contributed by atoms with Crippen molar-refractivity contribution in [2.24, 2.45) is 0 Å². The van der Waals surface area contributed by atoms with Crippen molar-refractivity contribution in [1.82, 2.24) is 24.9 Å². The molecule has 3 aromatic heterocycles. The van der Waals surface area contributed by atoms with Crippen molar-refractivity contribution < 1.29 is 14.3 Å². The zero-order chi connectivity index (χ0) is 21.1. The highest BCUT2D eigenvalue weighted by atomic mass is 32.1. The average molecular weight is 423 g/mol. The first-order chi connectivity index (χ1) is 14.6. The maximum atomic E-state index is 12.5. The summed E-state index contributed by atoms with van der Waals surface area (Å²) < 4.78 is 12.5. The molecule has 0 aliphatic heterocycles. The quantitative estimate of drug-likeness (QED) is 0.491. The number of carbonyl (C=O) groups is 1. The molecule has 154 valence electrons. The van der Waals surface area contributed by atoms with Gasteiger partial charge in [0.05, 0.1) is 32.4 Å². The van der Waals surface area contributed by atoms with Gasteiger partial charge in [-0.1, -0.05) is 6.07 Å². The summed E-state index contributed by atoms with van der Waals surface area (Å²) in [6.07, 6.45) is 2.06. The Kier molecular flexibility index (Phi) is 5.62. The summed E-state index contributed by atoms with van der Waals surface area (Å²) in [6, 6.07) is 11.0. The molecule has 1 aromatic carbocycles. The Morgan fingerprint density at radius 2 is 2.00 bits per heavy atom. The van der Waals surface area contributed by atoms with Gasteiger partial charge in [0.1, 0.15) is 5.01 Å². The van der Waals surface area contributed by atoms with Crippen LogP contribution in [0.2, 0.25) is 0 Å². The predicted octanol–water partition coefficient (Wildman–Crippen LogP) is 3.29. The van der Waals surface area contributed by atoms with Gasteiger partial charge in [0, 0.05) is 17.1 Å². The highest BCUT2D eigenvalue weighted by Crippen LogP contribution is 2.33. The molecule has 0 aliphatic carbocycles. The second-order valence-electron chi connectivity index (χ2n) is 6.67. The number of methoxy groups -OCH3 is 2. The van der Waals surface area contributed by atoms with Crippen LogP contribution in [0.15, 0.2) is 48.0 Å². The smallest absolute Gasteiger partial charge is 0.226 e. The van der Waals surface area contributed by atoms with Gasteiger partial charge < -0.3 is 14.8 Å². The second-order valence-corrected chi connectivity index (χ2v) is 7.52. The van der Waals surface area contributed by atoms with Crippen LogP contribution in [-0.2, 0) is 11.2 Å². The summed E-state index contributed by atoms with van der Waals surface area (Å²) >= 11 is 1.48. The van der Waals surface area contributed by atoms with Crippen molar-refractivity contribution in [3.8, 4) is 22.1 Å². The van der Waals surface area contributed by atoms with Gasteiger partial charge in [-0.2, -0.15) is 0 Å². The minimum Gasteiger partial charge on any atom is -0.493 e. The summed E-state index contributed by atoms with van der Waals surface area (Å²) in [6.45, 7) is 1.89. The van der Waals surface area contributed by atoms with Crippen LogP contribution in [0.5, 0.6) is 11.5 Å². The molecular weight excluding hydrogens is 402 g/mol. The molecule has 1 amide bonds. The molecule has 8 nitrogen and oxygen atoms in total. The van der Waals surface area contributed by atoms with E-state index in [1.54, 1.807) is 14.2 Å². The van der Waals surface area contributed by atoms with E-state index in [-0.39, 0.29) is 18.4 Å². The number of nitrogens with one attached hydrogen (secondary N) is 1. The van der Waals surface area contributed by atoms with Gasteiger partial charge >= 0.3 is 0 Å². The molecule has 0 saturated carbocycles. The van der Waals surface area contributed by atoms with Crippen LogP contribution in [0.25, 0.3) is 16.2 Å². The molecule has 3 heterocycles. The zero-order valence-corrected chi connectivity index (χ0v) is 17.6. The standard InChI is InChI=1S/C21H21N5O3S/c1-13(20-25-24-18-6-4-5-9-26(18)20)22-19(27)11-15-12-30-21(23-15)14-7-8-16(28-2)17(10-14)29-3/h4-10,12-13H,11H2,1-3H3,(H,22,27). The molecule has 0 bridgehead atoms. The third kappa shape index (κ3) is 3.97. The van der Waals surface area contributed by atoms with E-state index in [4.69, 9.17) is 9.47 Å². The van der Waals surface area contributed by atoms with Crippen LogP contribution >= 0.6 is 11.3 Å². The summed E-state index contributed by atoms with van der Waals surface area (Å²) in [7, 11) is 3.19. The molecule has 30 heavy (non-hydrogen) atoms. The highest BCUT2D eigenvalue weighted by Gasteiger charge is 2.17. The van der Waals surface area contributed by atoms with E-state index < -0.39 is 0 Å². The zero-order valence-electron chi connectivity index (χ0n) is 16.8. The van der Waals surface area contributed by atoms with E-state index in [0.717, 1.165) is 16.2 Å². The van der Waals surface area contributed by atoms with Gasteiger partial charge in [-0.05, 0) is 37.3 Å². The maximum Gasteiger partial charge on any atom is 0.226 e. The van der Waals surface area contributed by atoms with Gasteiger partial charge in [-0.3, -0.25) is 9.20 Å². The molecule has 1 unspecified atom stereocenters. The van der Waals surface area contributed by atoms with Gasteiger partial charge in [0.2, 0.25) is 5.91 Å². The Labute approximate surface area is 177 Å². The third-order valence-electron chi connectivity index (χ3n) is 4.63. The Balaban J connectivity index is 1.44. The predicted molar refractivity (Wildman–Crippen MR) is 114 cm³/mol. The molecule has 1 atom stereocenters. The number of carbonyl (C=O) groups excluding carboxylic acids is 1. The largest absolute Gasteiger partial charge is 0.493 e. The van der Waals surface area contributed by atoms with E-state index in [1.807, 2.05) is 59.3 Å². The van der Waals surface area contributed by atoms with Gasteiger partial charge in [-0.25, -0.2) is 4.98 Å². The molecule has 0 spiro atoms. The molecule has 1 N–H and O–H groups in total. The Morgan fingerprint density at radius 3 is 2.80 bits per heavy atom. The van der Waals surface area contributed by atoms with Crippen LogP contribution in [0.4, 0.5) is 0 Å². The molecule has 4 rings (SSSR count). The molecule has 0 fully saturated rings. The number of hydrogen-bond donors (Lipinski definition) is 1. The van der Waals surface area contributed by atoms with Crippen molar-refractivity contribution in [3.05, 3.63) is 59.5 Å². The number of thiazole rings is 1. The third-order valence-corrected chi connectivity index (χ3v) is 5.57. The maximum absolute atomic E-state index is 12.5. The number of rotatable bonds is 7. The molecule has 0 aliphatic rings. The lowest BCUT2D eigenvalue weighted by molar-refractivity contribution is -0.121. The Bertz CT molecular complexity index is 1190. The van der Waals surface area contributed by atoms with E-state index in [2.05, 4.69) is 20.5 Å². The van der Waals surface area contributed by atoms with E-state index in [9.17, 15) is 4.79 Å². The van der Waals surface area contributed by atoms with Crippen LogP contribution in [0.3, 0.4) is 0 Å². The van der Waals surface area contributed by atoms with Crippen LogP contribution in [0.1, 0.15) is 24.5 Å². The summed E-state index contributed by atoms with van der Waals surface area (Å²) in [5.74, 6) is 1.86. The molecule has 0 saturated heterocycles. The number of amides is 1. The monoisotopic (exact) mass is 423 g/mol. The number of pyridine rings is 1. The second kappa shape index (κ2) is 8.50. The van der Waals surface area contributed by atoms with Gasteiger partial charge in [-0.15, -0.1) is 21.5 Å². The van der Waals surface area contributed by atoms with Gasteiger partial charge in [0.25, 0.3) is 0 Å². The van der Waals surface area contributed by atoms with Gasteiger partial charge in [0.15, 0.2) is 23.0 Å². The molecule has 4 aromatic rings.